The third-order valence-electron chi connectivity index (χ3n) is 9.19. The van der Waals surface area contributed by atoms with Crippen LogP contribution in [0.4, 0.5) is 14.9 Å². The first-order chi connectivity index (χ1) is 23.4. The Kier molecular flexibility index (Phi) is 9.67. The molecule has 2 saturated heterocycles. The minimum atomic E-state index is -0.543. The predicted molar refractivity (Wildman–Crippen MR) is 185 cm³/mol. The van der Waals surface area contributed by atoms with E-state index in [1.807, 2.05) is 68.3 Å². The molecule has 2 fully saturated rings. The van der Waals surface area contributed by atoms with Crippen LogP contribution in [0.2, 0.25) is 0 Å². The monoisotopic (exact) mass is 672 g/mol. The largest absolute Gasteiger partial charge is 0.450 e. The number of amides is 3. The molecule has 2 aromatic heterocycles. The molecule has 260 valence electrons. The lowest BCUT2D eigenvalue weighted by molar-refractivity contribution is -0.132. The summed E-state index contributed by atoms with van der Waals surface area (Å²) >= 11 is 0. The number of carbonyl (C=O) groups excluding carboxylic acids is 3. The number of aromatic nitrogens is 2. The Hall–Kier alpha value is -4.87. The molecule has 0 spiro atoms. The molecule has 11 nitrogen and oxygen atoms in total. The van der Waals surface area contributed by atoms with Crippen molar-refractivity contribution in [2.24, 2.45) is 0 Å². The molecule has 12 heteroatoms. The number of piperidine rings is 1. The van der Waals surface area contributed by atoms with Crippen molar-refractivity contribution in [2.75, 3.05) is 58.3 Å². The molecule has 0 N–H and O–H groups in total. The number of fused-ring (bicyclic) bond motifs is 1. The zero-order chi connectivity index (χ0) is 34.9. The predicted octanol–water partition coefficient (Wildman–Crippen LogP) is 5.99. The normalized spacial score (nSPS) is 17.0. The van der Waals surface area contributed by atoms with E-state index >= 15 is 4.39 Å². The Morgan fingerprint density at radius 1 is 1.02 bits per heavy atom. The number of rotatable bonds is 7. The van der Waals surface area contributed by atoms with Crippen molar-refractivity contribution in [1.29, 1.82) is 0 Å². The summed E-state index contributed by atoms with van der Waals surface area (Å²) in [5, 5.41) is 4.44. The van der Waals surface area contributed by atoms with Crippen molar-refractivity contribution in [3.63, 3.8) is 0 Å². The van der Waals surface area contributed by atoms with Crippen molar-refractivity contribution in [3.05, 3.63) is 72.0 Å². The van der Waals surface area contributed by atoms with E-state index in [-0.39, 0.29) is 35.0 Å². The van der Waals surface area contributed by atoms with Gasteiger partial charge in [0.15, 0.2) is 5.76 Å². The molecule has 2 aliphatic heterocycles. The van der Waals surface area contributed by atoms with Gasteiger partial charge in [-0.25, -0.2) is 9.18 Å². The van der Waals surface area contributed by atoms with E-state index in [1.54, 1.807) is 29.9 Å². The minimum absolute atomic E-state index is 0.0200. The van der Waals surface area contributed by atoms with Gasteiger partial charge in [-0.05, 0) is 69.0 Å². The molecule has 1 unspecified atom stereocenters. The standard InChI is InChI=1S/C37H45FN6O5/c1-37(2,3)49-36(47)42-20-18-41(19-21-42)27-11-9-25(10-12-27)29-22-28(33(38)30-23-31(48-34(29)30)35(46)40(4)5)26-8-6-15-43(24-26)32(45)13-17-44-16-7-14-39-44/h7,9-12,14,16,22-23,26H,6,8,13,15,17-21,24H2,1-5H3. The zero-order valence-corrected chi connectivity index (χ0v) is 28.9. The highest BCUT2D eigenvalue weighted by molar-refractivity contribution is 6.00. The molecular formula is C37H45FN6O5. The van der Waals surface area contributed by atoms with Crippen molar-refractivity contribution in [1.82, 2.24) is 24.5 Å². The van der Waals surface area contributed by atoms with Crippen molar-refractivity contribution >= 4 is 34.6 Å². The summed E-state index contributed by atoms with van der Waals surface area (Å²) in [5.74, 6) is -0.900. The number of furan rings is 1. The van der Waals surface area contributed by atoms with E-state index in [0.29, 0.717) is 68.9 Å². The van der Waals surface area contributed by atoms with Crippen LogP contribution < -0.4 is 4.90 Å². The molecule has 0 saturated carbocycles. The molecule has 2 aliphatic rings. The molecule has 1 atom stereocenters. The maximum absolute atomic E-state index is 16.4. The molecule has 0 bridgehead atoms. The molecular weight excluding hydrogens is 627 g/mol. The van der Waals surface area contributed by atoms with E-state index < -0.39 is 11.4 Å². The second kappa shape index (κ2) is 13.9. The number of likely N-dealkylation sites (tertiary alicyclic amines) is 1. The van der Waals surface area contributed by atoms with Gasteiger partial charge in [-0.15, -0.1) is 0 Å². The fraction of sp³-hybridized carbons (Fsp3) is 0.459. The second-order valence-corrected chi connectivity index (χ2v) is 14.1. The van der Waals surface area contributed by atoms with E-state index in [0.717, 1.165) is 24.1 Å². The molecule has 4 heterocycles. The molecule has 6 rings (SSSR count). The lowest BCUT2D eigenvalue weighted by atomic mass is 9.87. The Bertz CT molecular complexity index is 1800. The number of hydrogen-bond acceptors (Lipinski definition) is 7. The van der Waals surface area contributed by atoms with Crippen LogP contribution in [0.3, 0.4) is 0 Å². The summed E-state index contributed by atoms with van der Waals surface area (Å²) in [6.07, 6.45) is 5.04. The van der Waals surface area contributed by atoms with Gasteiger partial charge in [-0.1, -0.05) is 12.1 Å². The summed E-state index contributed by atoms with van der Waals surface area (Å²) in [6.45, 7) is 9.55. The second-order valence-electron chi connectivity index (χ2n) is 14.1. The number of anilines is 1. The lowest BCUT2D eigenvalue weighted by Gasteiger charge is -2.36. The number of benzene rings is 2. The van der Waals surface area contributed by atoms with Crippen LogP contribution in [0.1, 0.15) is 62.1 Å². The first kappa shape index (κ1) is 34.0. The number of ether oxygens (including phenoxy) is 1. The highest BCUT2D eigenvalue weighted by atomic mass is 19.1. The molecule has 2 aromatic carbocycles. The Morgan fingerprint density at radius 2 is 1.76 bits per heavy atom. The first-order valence-electron chi connectivity index (χ1n) is 16.9. The van der Waals surface area contributed by atoms with Gasteiger partial charge in [-0.3, -0.25) is 14.3 Å². The summed E-state index contributed by atoms with van der Waals surface area (Å²) in [6, 6.07) is 13.2. The Morgan fingerprint density at radius 3 is 2.41 bits per heavy atom. The average Bonchev–Trinajstić information content (AvgIpc) is 3.78. The number of piperazine rings is 1. The Balaban J connectivity index is 1.26. The summed E-state index contributed by atoms with van der Waals surface area (Å²) < 4.78 is 29.8. The summed E-state index contributed by atoms with van der Waals surface area (Å²) in [5.41, 5.74) is 2.80. The van der Waals surface area contributed by atoms with Crippen molar-refractivity contribution in [2.45, 2.75) is 58.1 Å². The highest BCUT2D eigenvalue weighted by Crippen LogP contribution is 2.40. The molecule has 0 radical (unpaired) electrons. The van der Waals surface area contributed by atoms with E-state index in [1.165, 1.54) is 11.0 Å². The van der Waals surface area contributed by atoms with Crippen LogP contribution in [0.15, 0.2) is 59.3 Å². The number of hydrogen-bond donors (Lipinski definition) is 0. The third kappa shape index (κ3) is 7.58. The topological polar surface area (TPSA) is 104 Å². The number of nitrogens with zero attached hydrogens (tertiary/aromatic N) is 6. The van der Waals surface area contributed by atoms with Gasteiger partial charge in [-0.2, -0.15) is 5.10 Å². The molecule has 49 heavy (non-hydrogen) atoms. The van der Waals surface area contributed by atoms with E-state index in [2.05, 4.69) is 10.00 Å². The smallest absolute Gasteiger partial charge is 0.410 e. The Labute approximate surface area is 286 Å². The van der Waals surface area contributed by atoms with Gasteiger partial charge < -0.3 is 28.8 Å². The minimum Gasteiger partial charge on any atom is -0.450 e. The van der Waals surface area contributed by atoms with E-state index in [9.17, 15) is 14.4 Å². The van der Waals surface area contributed by atoms with Crippen LogP contribution in [0, 0.1) is 5.82 Å². The molecule has 3 amide bonds. The zero-order valence-electron chi connectivity index (χ0n) is 28.9. The molecule has 0 aliphatic carbocycles. The summed E-state index contributed by atoms with van der Waals surface area (Å²) in [7, 11) is 3.26. The van der Waals surface area contributed by atoms with Gasteiger partial charge in [0.2, 0.25) is 5.91 Å². The van der Waals surface area contributed by atoms with Crippen LogP contribution in [-0.2, 0) is 16.1 Å². The van der Waals surface area contributed by atoms with Crippen LogP contribution in [0.5, 0.6) is 0 Å². The van der Waals surface area contributed by atoms with Gasteiger partial charge in [0.1, 0.15) is 17.0 Å². The van der Waals surface area contributed by atoms with Crippen LogP contribution in [-0.4, -0.2) is 101 Å². The fourth-order valence-electron chi connectivity index (χ4n) is 6.62. The number of carbonyl (C=O) groups is 3. The highest BCUT2D eigenvalue weighted by Gasteiger charge is 2.30. The van der Waals surface area contributed by atoms with Gasteiger partial charge >= 0.3 is 6.09 Å². The summed E-state index contributed by atoms with van der Waals surface area (Å²) in [4.78, 5) is 45.8. The van der Waals surface area contributed by atoms with Crippen LogP contribution in [0.25, 0.3) is 22.1 Å². The van der Waals surface area contributed by atoms with E-state index in [4.69, 9.17) is 9.15 Å². The molecule has 4 aromatic rings. The maximum Gasteiger partial charge on any atom is 0.410 e. The SMILES string of the molecule is CN(C)C(=O)c1cc2c(F)c(C3CCCN(C(=O)CCn4cccn4)C3)cc(-c3ccc(N4CCN(C(=O)OC(C)(C)C)CC4)cc3)c2o1. The first-order valence-corrected chi connectivity index (χ1v) is 16.9. The van der Waals surface area contributed by atoms with Crippen molar-refractivity contribution in [3.8, 4) is 11.1 Å². The lowest BCUT2D eigenvalue weighted by Crippen LogP contribution is -2.50. The third-order valence-corrected chi connectivity index (χ3v) is 9.19. The number of aryl methyl sites for hydroxylation is 1. The van der Waals surface area contributed by atoms with Gasteiger partial charge in [0, 0.05) is 102 Å². The van der Waals surface area contributed by atoms with Crippen molar-refractivity contribution < 1.29 is 27.9 Å². The quantitative estimate of drug-likeness (QED) is 0.238. The van der Waals surface area contributed by atoms with Gasteiger partial charge in [0.25, 0.3) is 5.91 Å². The van der Waals surface area contributed by atoms with Crippen LogP contribution >= 0.6 is 0 Å². The van der Waals surface area contributed by atoms with Gasteiger partial charge in [0.05, 0.1) is 5.39 Å². The number of halogens is 1. The average molecular weight is 673 g/mol. The maximum atomic E-state index is 16.4. The fourth-order valence-corrected chi connectivity index (χ4v) is 6.62.